The Morgan fingerprint density at radius 1 is 1.11 bits per heavy atom. The zero-order valence-electron chi connectivity index (χ0n) is 10.3. The van der Waals surface area contributed by atoms with Crippen LogP contribution >= 0.6 is 0 Å². The molecule has 90 valence electrons. The van der Waals surface area contributed by atoms with Gasteiger partial charge in [-0.2, -0.15) is 0 Å². The van der Waals surface area contributed by atoms with Crippen molar-refractivity contribution in [3.05, 3.63) is 66.5 Å². The van der Waals surface area contributed by atoms with Gasteiger partial charge in [-0.05, 0) is 24.0 Å². The van der Waals surface area contributed by atoms with E-state index in [1.807, 2.05) is 12.2 Å². The number of nitrogens with zero attached hydrogens (tertiary/aromatic N) is 2. The number of benzene rings is 1. The number of hydrogen-bond acceptors (Lipinski definition) is 2. The average molecular weight is 236 g/mol. The molecule has 2 rings (SSSR count). The molecule has 1 heterocycles. The molecule has 0 atom stereocenters. The predicted octanol–water partition coefficient (Wildman–Crippen LogP) is 3.82. The van der Waals surface area contributed by atoms with Crippen LogP contribution < -0.4 is 0 Å². The van der Waals surface area contributed by atoms with Gasteiger partial charge in [-0.1, -0.05) is 36.4 Å². The first kappa shape index (κ1) is 12.2. The summed E-state index contributed by atoms with van der Waals surface area (Å²) in [6, 6.07) is 8.40. The van der Waals surface area contributed by atoms with E-state index in [0.29, 0.717) is 0 Å². The van der Waals surface area contributed by atoms with E-state index in [1.54, 1.807) is 12.4 Å². The van der Waals surface area contributed by atoms with Gasteiger partial charge < -0.3 is 0 Å². The molecule has 0 saturated carbocycles. The molecule has 1 aromatic carbocycles. The number of hydrogen-bond donors (Lipinski definition) is 0. The van der Waals surface area contributed by atoms with Gasteiger partial charge in [0.2, 0.25) is 0 Å². The summed E-state index contributed by atoms with van der Waals surface area (Å²) in [5, 5.41) is 0. The normalized spacial score (nSPS) is 12.8. The van der Waals surface area contributed by atoms with Gasteiger partial charge in [0.05, 0.1) is 0 Å². The molecule has 0 fully saturated rings. The summed E-state index contributed by atoms with van der Waals surface area (Å²) >= 11 is 0. The van der Waals surface area contributed by atoms with Crippen LogP contribution in [0.4, 0.5) is 0 Å². The van der Waals surface area contributed by atoms with Gasteiger partial charge in [-0.15, -0.1) is 13.2 Å². The highest BCUT2D eigenvalue weighted by atomic mass is 15.0. The largest absolute Gasteiger partial charge is 0.235 e. The fraction of sp³-hybridized carbons (Fsp3) is 0.125. The van der Waals surface area contributed by atoms with Crippen molar-refractivity contribution in [2.45, 2.75) is 12.8 Å². The van der Waals surface area contributed by atoms with Gasteiger partial charge in [0.25, 0.3) is 0 Å². The molecular formula is C16H16N2. The maximum absolute atomic E-state index is 4.27. The Bertz CT molecular complexity index is 534. The second-order valence-electron chi connectivity index (χ2n) is 4.04. The summed E-state index contributed by atoms with van der Waals surface area (Å²) in [6.07, 6.45) is 8.85. The second kappa shape index (κ2) is 5.92. The maximum atomic E-state index is 4.27. The van der Waals surface area contributed by atoms with Gasteiger partial charge in [-0.3, -0.25) is 0 Å². The lowest BCUT2D eigenvalue weighted by Gasteiger charge is -2.08. The van der Waals surface area contributed by atoms with Crippen LogP contribution in [0.25, 0.3) is 5.57 Å². The summed E-state index contributed by atoms with van der Waals surface area (Å²) < 4.78 is 0. The Morgan fingerprint density at radius 3 is 2.56 bits per heavy atom. The molecule has 2 heteroatoms. The van der Waals surface area contributed by atoms with Gasteiger partial charge in [0, 0.05) is 18.0 Å². The van der Waals surface area contributed by atoms with Gasteiger partial charge in [0.15, 0.2) is 5.82 Å². The van der Waals surface area contributed by atoms with Gasteiger partial charge in [0.1, 0.15) is 0 Å². The molecule has 0 saturated heterocycles. The van der Waals surface area contributed by atoms with E-state index in [0.717, 1.165) is 29.8 Å². The zero-order valence-corrected chi connectivity index (χ0v) is 10.3. The summed E-state index contributed by atoms with van der Waals surface area (Å²) in [5.41, 5.74) is 3.51. The summed E-state index contributed by atoms with van der Waals surface area (Å²) in [5.74, 6) is 0.783. The minimum absolute atomic E-state index is 0.765. The first-order valence-corrected chi connectivity index (χ1v) is 5.96. The lowest BCUT2D eigenvalue weighted by molar-refractivity contribution is 1.22. The summed E-state index contributed by atoms with van der Waals surface area (Å²) in [4.78, 5) is 8.54. The fourth-order valence-electron chi connectivity index (χ4n) is 1.93. The standard InChI is InChI=1S/C16H16N2/c1-3-6-13-8-5-9-14(12-13)15(7-4-2)16-17-10-11-18-16/h3-5,8-12H,1-2,6-7H2. The van der Waals surface area contributed by atoms with Crippen molar-refractivity contribution in [1.82, 2.24) is 0 Å². The third kappa shape index (κ3) is 2.72. The van der Waals surface area contributed by atoms with E-state index in [9.17, 15) is 0 Å². The van der Waals surface area contributed by atoms with E-state index in [4.69, 9.17) is 0 Å². The van der Waals surface area contributed by atoms with Crippen molar-refractivity contribution in [3.63, 3.8) is 0 Å². The topological polar surface area (TPSA) is 24.7 Å². The van der Waals surface area contributed by atoms with Crippen molar-refractivity contribution in [2.24, 2.45) is 9.98 Å². The highest BCUT2D eigenvalue weighted by Gasteiger charge is 2.08. The van der Waals surface area contributed by atoms with Crippen LogP contribution in [0.1, 0.15) is 17.5 Å². The first-order chi connectivity index (χ1) is 8.85. The molecule has 1 aromatic rings. The van der Waals surface area contributed by atoms with Crippen LogP contribution in [0.2, 0.25) is 0 Å². The van der Waals surface area contributed by atoms with Crippen molar-refractivity contribution in [3.8, 4) is 0 Å². The van der Waals surface area contributed by atoms with Crippen molar-refractivity contribution in [2.75, 3.05) is 0 Å². The molecule has 0 spiro atoms. The predicted molar refractivity (Wildman–Crippen MR) is 79.1 cm³/mol. The first-order valence-electron chi connectivity index (χ1n) is 5.96. The highest BCUT2D eigenvalue weighted by molar-refractivity contribution is 6.18. The number of allylic oxidation sites excluding steroid dienone is 3. The molecular weight excluding hydrogens is 220 g/mol. The molecule has 0 radical (unpaired) electrons. The number of rotatable bonds is 5. The molecule has 0 bridgehead atoms. The molecule has 1 aliphatic heterocycles. The molecule has 2 nitrogen and oxygen atoms in total. The Balaban J connectivity index is 2.43. The molecule has 0 unspecified atom stereocenters. The zero-order chi connectivity index (χ0) is 12.8. The Kier molecular flexibility index (Phi) is 4.02. The van der Waals surface area contributed by atoms with Crippen LogP contribution in [0.5, 0.6) is 0 Å². The average Bonchev–Trinajstić information content (AvgIpc) is 2.90. The Labute approximate surface area is 108 Å². The second-order valence-corrected chi connectivity index (χ2v) is 4.04. The lowest BCUT2D eigenvalue weighted by Crippen LogP contribution is -1.90. The Morgan fingerprint density at radius 2 is 1.89 bits per heavy atom. The monoisotopic (exact) mass is 236 g/mol. The van der Waals surface area contributed by atoms with Crippen LogP contribution in [0.3, 0.4) is 0 Å². The third-order valence-electron chi connectivity index (χ3n) is 2.73. The molecule has 0 aromatic heterocycles. The highest BCUT2D eigenvalue weighted by Crippen LogP contribution is 2.26. The molecule has 0 amide bonds. The minimum atomic E-state index is 0.765. The third-order valence-corrected chi connectivity index (χ3v) is 2.73. The van der Waals surface area contributed by atoms with Crippen LogP contribution in [-0.2, 0) is 6.42 Å². The van der Waals surface area contributed by atoms with E-state index < -0.39 is 0 Å². The SMILES string of the molecule is C=CCC(=C1N=CC=N1)c1cccc(CC=C)c1. The van der Waals surface area contributed by atoms with Crippen LogP contribution in [-0.4, -0.2) is 12.4 Å². The smallest absolute Gasteiger partial charge is 0.155 e. The number of aliphatic imine (C=N–C) groups is 2. The van der Waals surface area contributed by atoms with Crippen molar-refractivity contribution in [1.29, 1.82) is 0 Å². The van der Waals surface area contributed by atoms with E-state index in [-0.39, 0.29) is 0 Å². The summed E-state index contributed by atoms with van der Waals surface area (Å²) in [7, 11) is 0. The lowest BCUT2D eigenvalue weighted by atomic mass is 9.99. The van der Waals surface area contributed by atoms with Gasteiger partial charge in [-0.25, -0.2) is 9.98 Å². The van der Waals surface area contributed by atoms with Gasteiger partial charge >= 0.3 is 0 Å². The van der Waals surface area contributed by atoms with Crippen molar-refractivity contribution < 1.29 is 0 Å². The fourth-order valence-corrected chi connectivity index (χ4v) is 1.93. The molecule has 0 aliphatic carbocycles. The maximum Gasteiger partial charge on any atom is 0.155 e. The molecule has 18 heavy (non-hydrogen) atoms. The Hall–Kier alpha value is -2.22. The van der Waals surface area contributed by atoms with E-state index in [2.05, 4.69) is 47.4 Å². The van der Waals surface area contributed by atoms with Crippen LogP contribution in [0.15, 0.2) is 65.4 Å². The summed E-state index contributed by atoms with van der Waals surface area (Å²) in [6.45, 7) is 7.57. The minimum Gasteiger partial charge on any atom is -0.235 e. The quantitative estimate of drug-likeness (QED) is 0.694. The molecule has 0 N–H and O–H groups in total. The molecule has 1 aliphatic rings. The van der Waals surface area contributed by atoms with E-state index in [1.165, 1.54) is 5.56 Å². The van der Waals surface area contributed by atoms with Crippen molar-refractivity contribution >= 4 is 18.0 Å². The van der Waals surface area contributed by atoms with Crippen LogP contribution in [0, 0.1) is 0 Å². The van der Waals surface area contributed by atoms with E-state index >= 15 is 0 Å².